The Morgan fingerprint density at radius 1 is 1.20 bits per heavy atom. The van der Waals surface area contributed by atoms with Crippen molar-refractivity contribution in [1.29, 1.82) is 0 Å². The van der Waals surface area contributed by atoms with E-state index in [0.29, 0.717) is 0 Å². The molecule has 3 rings (SSSR count). The number of hydrogen-bond donors (Lipinski definition) is 1. The van der Waals surface area contributed by atoms with E-state index in [-0.39, 0.29) is 34.0 Å². The molecule has 6 nitrogen and oxygen atoms in total. The maximum Gasteiger partial charge on any atom is 0.300 e. The van der Waals surface area contributed by atoms with Crippen LogP contribution >= 0.6 is 0 Å². The number of amides is 1. The standard InChI is InChI=1S/C17H14FNO5S/c1-2-23-14-7-3-4-9-16(14)25(21,22)19-17(20)15-10-11-12(18)6-5-8-13(11)24-15/h3-10H,2H2,1H3,(H,19,20). The summed E-state index contributed by atoms with van der Waals surface area (Å²) in [5.41, 5.74) is 0.150. The number of para-hydroxylation sites is 1. The topological polar surface area (TPSA) is 85.6 Å². The lowest BCUT2D eigenvalue weighted by Crippen LogP contribution is -2.30. The molecule has 1 N–H and O–H groups in total. The van der Waals surface area contributed by atoms with Gasteiger partial charge >= 0.3 is 5.91 Å². The lowest BCUT2D eigenvalue weighted by Gasteiger charge is -2.10. The molecule has 3 aromatic rings. The van der Waals surface area contributed by atoms with Gasteiger partial charge in [0.25, 0.3) is 10.0 Å². The maximum atomic E-state index is 13.7. The number of hydrogen-bond acceptors (Lipinski definition) is 5. The molecule has 0 aliphatic heterocycles. The van der Waals surface area contributed by atoms with Gasteiger partial charge in [0, 0.05) is 6.07 Å². The van der Waals surface area contributed by atoms with Crippen LogP contribution in [0.25, 0.3) is 11.0 Å². The summed E-state index contributed by atoms with van der Waals surface area (Å²) >= 11 is 0. The van der Waals surface area contributed by atoms with Crippen molar-refractivity contribution < 1.29 is 26.8 Å². The summed E-state index contributed by atoms with van der Waals surface area (Å²) in [4.78, 5) is 12.1. The molecule has 0 saturated carbocycles. The van der Waals surface area contributed by atoms with Crippen molar-refractivity contribution >= 4 is 26.9 Å². The predicted octanol–water partition coefficient (Wildman–Crippen LogP) is 3.09. The zero-order valence-electron chi connectivity index (χ0n) is 13.2. The molecule has 0 spiro atoms. The molecular formula is C17H14FNO5S. The molecule has 0 saturated heterocycles. The maximum absolute atomic E-state index is 13.7. The highest BCUT2D eigenvalue weighted by atomic mass is 32.2. The van der Waals surface area contributed by atoms with Crippen LogP contribution in [0.5, 0.6) is 5.75 Å². The number of ether oxygens (including phenoxy) is 1. The van der Waals surface area contributed by atoms with Gasteiger partial charge in [-0.05, 0) is 31.2 Å². The molecule has 1 heterocycles. The molecule has 0 atom stereocenters. The Kier molecular flexibility index (Phi) is 4.45. The van der Waals surface area contributed by atoms with E-state index in [9.17, 15) is 17.6 Å². The van der Waals surface area contributed by atoms with Gasteiger partial charge in [-0.25, -0.2) is 17.5 Å². The molecule has 0 unspecified atom stereocenters. The van der Waals surface area contributed by atoms with Crippen molar-refractivity contribution in [2.24, 2.45) is 0 Å². The van der Waals surface area contributed by atoms with Crippen LogP contribution in [0.15, 0.2) is 57.8 Å². The van der Waals surface area contributed by atoms with Gasteiger partial charge < -0.3 is 9.15 Å². The van der Waals surface area contributed by atoms with E-state index < -0.39 is 21.7 Å². The van der Waals surface area contributed by atoms with E-state index in [1.165, 1.54) is 36.4 Å². The molecular weight excluding hydrogens is 349 g/mol. The lowest BCUT2D eigenvalue weighted by atomic mass is 10.2. The summed E-state index contributed by atoms with van der Waals surface area (Å²) in [5.74, 6) is -1.75. The fourth-order valence-electron chi connectivity index (χ4n) is 2.31. The first-order valence-electron chi connectivity index (χ1n) is 7.39. The summed E-state index contributed by atoms with van der Waals surface area (Å²) in [6, 6.07) is 11.2. The smallest absolute Gasteiger partial charge is 0.300 e. The minimum absolute atomic E-state index is 0.0970. The number of halogens is 1. The van der Waals surface area contributed by atoms with Crippen LogP contribution in [0.2, 0.25) is 0 Å². The van der Waals surface area contributed by atoms with Gasteiger partial charge in [0.05, 0.1) is 12.0 Å². The summed E-state index contributed by atoms with van der Waals surface area (Å²) in [7, 11) is -4.19. The van der Waals surface area contributed by atoms with Gasteiger partial charge in [-0.1, -0.05) is 18.2 Å². The van der Waals surface area contributed by atoms with Crippen molar-refractivity contribution in [1.82, 2.24) is 4.72 Å². The Balaban J connectivity index is 1.92. The van der Waals surface area contributed by atoms with Gasteiger partial charge in [0.1, 0.15) is 22.0 Å². The highest BCUT2D eigenvalue weighted by Gasteiger charge is 2.24. The van der Waals surface area contributed by atoms with Crippen LogP contribution in [0.3, 0.4) is 0 Å². The fraction of sp³-hybridized carbons (Fsp3) is 0.118. The molecule has 1 amide bonds. The van der Waals surface area contributed by atoms with Crippen molar-refractivity contribution in [2.45, 2.75) is 11.8 Å². The van der Waals surface area contributed by atoms with Crippen molar-refractivity contribution in [3.05, 3.63) is 60.1 Å². The summed E-state index contributed by atoms with van der Waals surface area (Å²) in [6.45, 7) is 1.98. The van der Waals surface area contributed by atoms with Crippen LogP contribution in [0.4, 0.5) is 4.39 Å². The van der Waals surface area contributed by atoms with Crippen LogP contribution < -0.4 is 9.46 Å². The third-order valence-corrected chi connectivity index (χ3v) is 4.77. The van der Waals surface area contributed by atoms with E-state index in [4.69, 9.17) is 9.15 Å². The Hall–Kier alpha value is -2.87. The number of carbonyl (C=O) groups excluding carboxylic acids is 1. The minimum Gasteiger partial charge on any atom is -0.492 e. The quantitative estimate of drug-likeness (QED) is 0.753. The molecule has 8 heteroatoms. The monoisotopic (exact) mass is 363 g/mol. The van der Waals surface area contributed by atoms with Crippen LogP contribution in [0.1, 0.15) is 17.5 Å². The molecule has 130 valence electrons. The number of rotatable bonds is 5. The average molecular weight is 363 g/mol. The zero-order valence-corrected chi connectivity index (χ0v) is 14.0. The second-order valence-electron chi connectivity index (χ2n) is 5.08. The number of nitrogens with one attached hydrogen (secondary N) is 1. The normalized spacial score (nSPS) is 11.4. The van der Waals surface area contributed by atoms with Gasteiger partial charge in [-0.15, -0.1) is 0 Å². The number of furan rings is 1. The van der Waals surface area contributed by atoms with E-state index in [0.717, 1.165) is 6.07 Å². The first-order valence-corrected chi connectivity index (χ1v) is 8.87. The van der Waals surface area contributed by atoms with Gasteiger partial charge in [-0.3, -0.25) is 4.79 Å². The van der Waals surface area contributed by atoms with Crippen LogP contribution in [0, 0.1) is 5.82 Å². The second kappa shape index (κ2) is 6.56. The second-order valence-corrected chi connectivity index (χ2v) is 6.73. The summed E-state index contributed by atoms with van der Waals surface area (Å²) in [6.07, 6.45) is 0. The first kappa shape index (κ1) is 17.0. The largest absolute Gasteiger partial charge is 0.492 e. The van der Waals surface area contributed by atoms with E-state index >= 15 is 0 Å². The van der Waals surface area contributed by atoms with E-state index in [1.807, 2.05) is 4.72 Å². The lowest BCUT2D eigenvalue weighted by molar-refractivity contribution is 0.0956. The van der Waals surface area contributed by atoms with E-state index in [2.05, 4.69) is 0 Å². The first-order chi connectivity index (χ1) is 11.9. The predicted molar refractivity (Wildman–Crippen MR) is 88.4 cm³/mol. The Labute approximate surface area is 143 Å². The molecule has 0 bridgehead atoms. The molecule has 0 radical (unpaired) electrons. The number of sulfonamides is 1. The van der Waals surface area contributed by atoms with Crippen LogP contribution in [-0.2, 0) is 10.0 Å². The number of fused-ring (bicyclic) bond motifs is 1. The van der Waals surface area contributed by atoms with Crippen molar-refractivity contribution in [3.8, 4) is 5.75 Å². The number of benzene rings is 2. The van der Waals surface area contributed by atoms with Crippen LogP contribution in [-0.4, -0.2) is 20.9 Å². The van der Waals surface area contributed by atoms with Crippen molar-refractivity contribution in [3.63, 3.8) is 0 Å². The molecule has 1 aromatic heterocycles. The SMILES string of the molecule is CCOc1ccccc1S(=O)(=O)NC(=O)c1cc2c(F)cccc2o1. The van der Waals surface area contributed by atoms with Crippen molar-refractivity contribution in [2.75, 3.05) is 6.61 Å². The third kappa shape index (κ3) is 3.34. The van der Waals surface area contributed by atoms with Gasteiger partial charge in [0.15, 0.2) is 5.76 Å². The Morgan fingerprint density at radius 2 is 1.96 bits per heavy atom. The third-order valence-electron chi connectivity index (χ3n) is 3.40. The van der Waals surface area contributed by atoms with Gasteiger partial charge in [-0.2, -0.15) is 0 Å². The number of carbonyl (C=O) groups is 1. The summed E-state index contributed by atoms with van der Waals surface area (Å²) in [5, 5.41) is 0.0970. The van der Waals surface area contributed by atoms with Gasteiger partial charge in [0.2, 0.25) is 0 Å². The average Bonchev–Trinajstić information content (AvgIpc) is 3.01. The summed E-state index contributed by atoms with van der Waals surface area (Å²) < 4.78 is 51.0. The van der Waals surface area contributed by atoms with E-state index in [1.54, 1.807) is 13.0 Å². The molecule has 25 heavy (non-hydrogen) atoms. The molecule has 2 aromatic carbocycles. The Bertz CT molecular complexity index is 1040. The molecule has 0 aliphatic rings. The fourth-order valence-corrected chi connectivity index (χ4v) is 3.42. The zero-order chi connectivity index (χ0) is 18.0. The molecule has 0 fully saturated rings. The highest BCUT2D eigenvalue weighted by Crippen LogP contribution is 2.25. The Morgan fingerprint density at radius 3 is 2.68 bits per heavy atom. The minimum atomic E-state index is -4.19. The molecule has 0 aliphatic carbocycles. The highest BCUT2D eigenvalue weighted by molar-refractivity contribution is 7.90.